The second-order valence-electron chi connectivity index (χ2n) is 4.47. The molecule has 0 saturated carbocycles. The normalized spacial score (nSPS) is 15.8. The zero-order chi connectivity index (χ0) is 13.0. The van der Waals surface area contributed by atoms with Crippen molar-refractivity contribution in [3.8, 4) is 5.75 Å². The van der Waals surface area contributed by atoms with Crippen LogP contribution in [0.3, 0.4) is 0 Å². The number of nitrogens with one attached hydrogen (secondary N) is 1. The number of hydrogen-bond acceptors (Lipinski definition) is 3. The van der Waals surface area contributed by atoms with Crippen LogP contribution in [0.5, 0.6) is 5.75 Å². The van der Waals surface area contributed by atoms with E-state index in [4.69, 9.17) is 0 Å². The summed E-state index contributed by atoms with van der Waals surface area (Å²) in [6.07, 6.45) is 2.51. The first-order valence-corrected chi connectivity index (χ1v) is 7.24. The second kappa shape index (κ2) is 6.38. The fourth-order valence-corrected chi connectivity index (χ4v) is 2.61. The molecule has 1 aromatic carbocycles. The van der Waals surface area contributed by atoms with Gasteiger partial charge >= 0.3 is 0 Å². The maximum Gasteiger partial charge on any atom is 0.255 e. The van der Waals surface area contributed by atoms with E-state index in [1.807, 2.05) is 0 Å². The van der Waals surface area contributed by atoms with Crippen LogP contribution in [-0.4, -0.2) is 42.1 Å². The number of hydrogen-bond donors (Lipinski definition) is 2. The summed E-state index contributed by atoms with van der Waals surface area (Å²) in [6, 6.07) is 5.02. The highest BCUT2D eigenvalue weighted by molar-refractivity contribution is 14.1. The zero-order valence-corrected chi connectivity index (χ0v) is 12.3. The number of nitrogens with zero attached hydrogens (tertiary/aromatic N) is 1. The minimum Gasteiger partial charge on any atom is -0.507 e. The average Bonchev–Trinajstić information content (AvgIpc) is 2.85. The molecule has 2 rings (SSSR count). The molecule has 0 aromatic heterocycles. The third-order valence-electron chi connectivity index (χ3n) is 3.12. The highest BCUT2D eigenvalue weighted by atomic mass is 127. The Kier molecular flexibility index (Phi) is 4.82. The van der Waals surface area contributed by atoms with Crippen molar-refractivity contribution in [2.45, 2.75) is 12.8 Å². The number of halogens is 1. The summed E-state index contributed by atoms with van der Waals surface area (Å²) in [4.78, 5) is 14.2. The largest absolute Gasteiger partial charge is 0.507 e. The number of phenols is 1. The first kappa shape index (κ1) is 13.6. The molecule has 5 heteroatoms. The van der Waals surface area contributed by atoms with E-state index in [9.17, 15) is 9.90 Å². The van der Waals surface area contributed by atoms with Crippen LogP contribution in [-0.2, 0) is 0 Å². The monoisotopic (exact) mass is 360 g/mol. The molecular weight excluding hydrogens is 343 g/mol. The molecule has 98 valence electrons. The standard InChI is InChI=1S/C13H17IN2O2/c14-10-3-4-12(17)11(9-10)13(18)15-5-8-16-6-1-2-7-16/h3-4,9,17H,1-2,5-8H2,(H,15,18). The molecule has 0 unspecified atom stereocenters. The van der Waals surface area contributed by atoms with Crippen molar-refractivity contribution in [1.82, 2.24) is 10.2 Å². The van der Waals surface area contributed by atoms with E-state index in [0.717, 1.165) is 23.2 Å². The summed E-state index contributed by atoms with van der Waals surface area (Å²) in [5.74, 6) is -0.167. The van der Waals surface area contributed by atoms with Crippen molar-refractivity contribution in [2.75, 3.05) is 26.2 Å². The van der Waals surface area contributed by atoms with E-state index in [1.165, 1.54) is 12.8 Å². The average molecular weight is 360 g/mol. The van der Waals surface area contributed by atoms with Gasteiger partial charge in [0.15, 0.2) is 0 Å². The van der Waals surface area contributed by atoms with Gasteiger partial charge in [0, 0.05) is 16.7 Å². The molecule has 0 spiro atoms. The molecule has 1 aliphatic heterocycles. The molecule has 0 aliphatic carbocycles. The second-order valence-corrected chi connectivity index (χ2v) is 5.71. The lowest BCUT2D eigenvalue weighted by Gasteiger charge is -2.15. The number of rotatable bonds is 4. The van der Waals surface area contributed by atoms with Crippen molar-refractivity contribution in [3.05, 3.63) is 27.3 Å². The summed E-state index contributed by atoms with van der Waals surface area (Å²) in [6.45, 7) is 3.77. The molecule has 4 nitrogen and oxygen atoms in total. The molecule has 1 amide bonds. The molecule has 0 atom stereocenters. The third kappa shape index (κ3) is 3.58. The van der Waals surface area contributed by atoms with E-state index in [-0.39, 0.29) is 11.7 Å². The number of aromatic hydroxyl groups is 1. The topological polar surface area (TPSA) is 52.6 Å². The van der Waals surface area contributed by atoms with E-state index >= 15 is 0 Å². The van der Waals surface area contributed by atoms with Crippen molar-refractivity contribution in [3.63, 3.8) is 0 Å². The van der Waals surface area contributed by atoms with E-state index in [1.54, 1.807) is 18.2 Å². The van der Waals surface area contributed by atoms with Gasteiger partial charge in [0.25, 0.3) is 5.91 Å². The van der Waals surface area contributed by atoms with Gasteiger partial charge < -0.3 is 15.3 Å². The van der Waals surface area contributed by atoms with Crippen molar-refractivity contribution in [1.29, 1.82) is 0 Å². The van der Waals surface area contributed by atoms with Gasteiger partial charge in [0.1, 0.15) is 5.75 Å². The molecule has 18 heavy (non-hydrogen) atoms. The van der Waals surface area contributed by atoms with Crippen LogP contribution in [0.2, 0.25) is 0 Å². The Bertz CT molecular complexity index is 431. The Morgan fingerprint density at radius 2 is 2.11 bits per heavy atom. The quantitative estimate of drug-likeness (QED) is 0.806. The SMILES string of the molecule is O=C(NCCN1CCCC1)c1cc(I)ccc1O. The summed E-state index contributed by atoms with van der Waals surface area (Å²) in [5.41, 5.74) is 0.350. The van der Waals surface area contributed by atoms with Gasteiger partial charge in [-0.2, -0.15) is 0 Å². The van der Waals surface area contributed by atoms with Crippen LogP contribution >= 0.6 is 22.6 Å². The molecule has 1 heterocycles. The maximum absolute atomic E-state index is 11.9. The number of phenolic OH excluding ortho intramolecular Hbond substituents is 1. The van der Waals surface area contributed by atoms with Crippen LogP contribution < -0.4 is 5.32 Å². The predicted molar refractivity (Wildman–Crippen MR) is 78.8 cm³/mol. The predicted octanol–water partition coefficient (Wildman–Crippen LogP) is 1.82. The summed E-state index contributed by atoms with van der Waals surface area (Å²) >= 11 is 2.12. The molecule has 0 radical (unpaired) electrons. The molecule has 1 aromatic rings. The maximum atomic E-state index is 11.9. The van der Waals surface area contributed by atoms with E-state index in [2.05, 4.69) is 32.8 Å². The molecule has 1 saturated heterocycles. The van der Waals surface area contributed by atoms with Crippen molar-refractivity contribution < 1.29 is 9.90 Å². The van der Waals surface area contributed by atoms with E-state index in [0.29, 0.717) is 12.1 Å². The van der Waals surface area contributed by atoms with Gasteiger partial charge in [-0.1, -0.05) is 0 Å². The molecular formula is C13H17IN2O2. The Morgan fingerprint density at radius 3 is 2.83 bits per heavy atom. The van der Waals surface area contributed by atoms with Crippen LogP contribution in [0.1, 0.15) is 23.2 Å². The fraction of sp³-hybridized carbons (Fsp3) is 0.462. The number of carbonyl (C=O) groups excluding carboxylic acids is 1. The number of likely N-dealkylation sites (tertiary alicyclic amines) is 1. The van der Waals surface area contributed by atoms with Crippen LogP contribution in [0.25, 0.3) is 0 Å². The minimum atomic E-state index is -0.204. The summed E-state index contributed by atoms with van der Waals surface area (Å²) in [5, 5.41) is 12.5. The smallest absolute Gasteiger partial charge is 0.255 e. The Morgan fingerprint density at radius 1 is 1.39 bits per heavy atom. The van der Waals surface area contributed by atoms with Crippen molar-refractivity contribution in [2.24, 2.45) is 0 Å². The zero-order valence-electron chi connectivity index (χ0n) is 10.2. The number of benzene rings is 1. The highest BCUT2D eigenvalue weighted by Crippen LogP contribution is 2.19. The molecule has 2 N–H and O–H groups in total. The first-order chi connectivity index (χ1) is 8.66. The Hall–Kier alpha value is -0.820. The Balaban J connectivity index is 1.85. The van der Waals surface area contributed by atoms with Crippen LogP contribution in [0.4, 0.5) is 0 Å². The lowest BCUT2D eigenvalue weighted by Crippen LogP contribution is -2.33. The van der Waals surface area contributed by atoms with Gasteiger partial charge in [0.05, 0.1) is 5.56 Å². The highest BCUT2D eigenvalue weighted by Gasteiger charge is 2.13. The molecule has 0 bridgehead atoms. The van der Waals surface area contributed by atoms with Crippen LogP contribution in [0.15, 0.2) is 18.2 Å². The van der Waals surface area contributed by atoms with Gasteiger partial charge in [-0.05, 0) is 66.7 Å². The third-order valence-corrected chi connectivity index (χ3v) is 3.79. The molecule has 1 fully saturated rings. The molecule has 1 aliphatic rings. The van der Waals surface area contributed by atoms with Crippen molar-refractivity contribution >= 4 is 28.5 Å². The lowest BCUT2D eigenvalue weighted by molar-refractivity contribution is 0.0947. The number of amides is 1. The van der Waals surface area contributed by atoms with Crippen LogP contribution in [0, 0.1) is 3.57 Å². The minimum absolute atomic E-state index is 0.0362. The first-order valence-electron chi connectivity index (χ1n) is 6.16. The fourth-order valence-electron chi connectivity index (χ4n) is 2.12. The van der Waals surface area contributed by atoms with E-state index < -0.39 is 0 Å². The van der Waals surface area contributed by atoms with Gasteiger partial charge in [-0.25, -0.2) is 0 Å². The van der Waals surface area contributed by atoms with Gasteiger partial charge in [0.2, 0.25) is 0 Å². The summed E-state index contributed by atoms with van der Waals surface area (Å²) < 4.78 is 0.940. The summed E-state index contributed by atoms with van der Waals surface area (Å²) in [7, 11) is 0. The van der Waals surface area contributed by atoms with Gasteiger partial charge in [-0.15, -0.1) is 0 Å². The lowest BCUT2D eigenvalue weighted by atomic mass is 10.2. The van der Waals surface area contributed by atoms with Gasteiger partial charge in [-0.3, -0.25) is 4.79 Å². The Labute approximate surface area is 121 Å². The number of carbonyl (C=O) groups is 1.